The Hall–Kier alpha value is -4.20. The quantitative estimate of drug-likeness (QED) is 0.542. The van der Waals surface area contributed by atoms with Crippen LogP contribution in [0.4, 0.5) is 10.5 Å². The summed E-state index contributed by atoms with van der Waals surface area (Å²) in [7, 11) is 6.13. The van der Waals surface area contributed by atoms with Crippen molar-refractivity contribution in [3.63, 3.8) is 0 Å². The minimum Gasteiger partial charge on any atom is -0.493 e. The summed E-state index contributed by atoms with van der Waals surface area (Å²) in [5.41, 5.74) is 3.51. The van der Waals surface area contributed by atoms with E-state index in [1.165, 1.54) is 13.2 Å². The Morgan fingerprint density at radius 1 is 0.857 bits per heavy atom. The number of rotatable bonds is 6. The Bertz CT molecular complexity index is 1290. The molecule has 8 nitrogen and oxygen atoms in total. The van der Waals surface area contributed by atoms with E-state index in [1.807, 2.05) is 30.3 Å². The first-order valence-electron chi connectivity index (χ1n) is 11.2. The molecule has 1 aliphatic carbocycles. The molecule has 0 spiro atoms. The first-order chi connectivity index (χ1) is 17.0. The summed E-state index contributed by atoms with van der Waals surface area (Å²) in [6, 6.07) is 15.2. The topological polar surface area (TPSA) is 95.1 Å². The Morgan fingerprint density at radius 3 is 2.23 bits per heavy atom. The lowest BCUT2D eigenvalue weighted by molar-refractivity contribution is 0.248. The predicted molar refractivity (Wildman–Crippen MR) is 134 cm³/mol. The van der Waals surface area contributed by atoms with Crippen LogP contribution >= 0.6 is 0 Å². The molecule has 182 valence electrons. The highest BCUT2D eigenvalue weighted by atomic mass is 16.5. The third-order valence-electron chi connectivity index (χ3n) is 6.06. The van der Waals surface area contributed by atoms with Crippen LogP contribution in [0.3, 0.4) is 0 Å². The smallest absolute Gasteiger partial charge is 0.319 e. The summed E-state index contributed by atoms with van der Waals surface area (Å²) >= 11 is 0. The second-order valence-electron chi connectivity index (χ2n) is 8.01. The van der Waals surface area contributed by atoms with E-state index in [1.54, 1.807) is 39.5 Å². The molecule has 3 aromatic carbocycles. The summed E-state index contributed by atoms with van der Waals surface area (Å²) in [6.45, 7) is 0. The number of nitrogens with one attached hydrogen (secondary N) is 2. The van der Waals surface area contributed by atoms with Crippen molar-refractivity contribution in [3.05, 3.63) is 75.9 Å². The zero-order valence-electron chi connectivity index (χ0n) is 20.1. The van der Waals surface area contributed by atoms with Crippen LogP contribution in [0.2, 0.25) is 0 Å². The molecular formula is C27H28N2O6. The number of hydrogen-bond donors (Lipinski definition) is 2. The van der Waals surface area contributed by atoms with Gasteiger partial charge in [0, 0.05) is 11.3 Å². The average molecular weight is 477 g/mol. The van der Waals surface area contributed by atoms with E-state index in [-0.39, 0.29) is 17.2 Å². The first kappa shape index (κ1) is 23.9. The summed E-state index contributed by atoms with van der Waals surface area (Å²) in [5.74, 6) is 1.69. The largest absolute Gasteiger partial charge is 0.493 e. The highest BCUT2D eigenvalue weighted by molar-refractivity contribution is 5.90. The summed E-state index contributed by atoms with van der Waals surface area (Å²) in [5, 5.41) is 5.89. The number of methoxy groups -OCH3 is 4. The van der Waals surface area contributed by atoms with Gasteiger partial charge in [0.1, 0.15) is 0 Å². The molecule has 2 amide bonds. The van der Waals surface area contributed by atoms with Crippen molar-refractivity contribution >= 4 is 11.7 Å². The van der Waals surface area contributed by atoms with Crippen LogP contribution in [0.15, 0.2) is 59.4 Å². The first-order valence-corrected chi connectivity index (χ1v) is 11.2. The molecule has 0 fully saturated rings. The van der Waals surface area contributed by atoms with Gasteiger partial charge in [0.25, 0.3) is 0 Å². The van der Waals surface area contributed by atoms with Crippen LogP contribution in [0.5, 0.6) is 23.0 Å². The molecule has 1 aliphatic rings. The van der Waals surface area contributed by atoms with Crippen molar-refractivity contribution in [2.75, 3.05) is 33.8 Å². The monoisotopic (exact) mass is 476 g/mol. The van der Waals surface area contributed by atoms with Gasteiger partial charge in [-0.2, -0.15) is 0 Å². The normalized spacial score (nSPS) is 14.0. The zero-order chi connectivity index (χ0) is 24.9. The second-order valence-corrected chi connectivity index (χ2v) is 8.01. The molecule has 2 N–H and O–H groups in total. The second kappa shape index (κ2) is 10.4. The van der Waals surface area contributed by atoms with Crippen LogP contribution in [-0.2, 0) is 6.42 Å². The van der Waals surface area contributed by atoms with Crippen molar-refractivity contribution in [2.24, 2.45) is 0 Å². The Morgan fingerprint density at radius 2 is 1.57 bits per heavy atom. The van der Waals surface area contributed by atoms with Gasteiger partial charge in [0.2, 0.25) is 11.2 Å². The number of fused-ring (bicyclic) bond motifs is 3. The van der Waals surface area contributed by atoms with Gasteiger partial charge in [-0.05, 0) is 59.9 Å². The Balaban J connectivity index is 1.87. The summed E-state index contributed by atoms with van der Waals surface area (Å²) in [6.07, 6.45) is 1.15. The number of anilines is 1. The molecule has 8 heteroatoms. The Labute approximate surface area is 203 Å². The molecule has 35 heavy (non-hydrogen) atoms. The van der Waals surface area contributed by atoms with E-state index in [2.05, 4.69) is 10.6 Å². The summed E-state index contributed by atoms with van der Waals surface area (Å²) < 4.78 is 22.2. The molecule has 4 rings (SSSR count). The summed E-state index contributed by atoms with van der Waals surface area (Å²) in [4.78, 5) is 25.8. The van der Waals surface area contributed by atoms with Crippen molar-refractivity contribution in [1.82, 2.24) is 5.32 Å². The van der Waals surface area contributed by atoms with Crippen molar-refractivity contribution < 1.29 is 23.7 Å². The van der Waals surface area contributed by atoms with Gasteiger partial charge in [0.15, 0.2) is 17.2 Å². The van der Waals surface area contributed by atoms with Gasteiger partial charge in [0.05, 0.1) is 34.5 Å². The van der Waals surface area contributed by atoms with Crippen molar-refractivity contribution in [1.29, 1.82) is 0 Å². The molecule has 0 saturated heterocycles. The number of hydrogen-bond acceptors (Lipinski definition) is 6. The molecule has 0 aromatic heterocycles. The van der Waals surface area contributed by atoms with Crippen LogP contribution < -0.4 is 35.0 Å². The number of para-hydroxylation sites is 1. The molecule has 0 aliphatic heterocycles. The number of carbonyl (C=O) groups is 1. The van der Waals surface area contributed by atoms with E-state index >= 15 is 0 Å². The number of urea groups is 1. The number of carbonyl (C=O) groups excluding carboxylic acids is 1. The predicted octanol–water partition coefficient (Wildman–Crippen LogP) is 4.56. The van der Waals surface area contributed by atoms with E-state index < -0.39 is 6.04 Å². The lowest BCUT2D eigenvalue weighted by Gasteiger charge is -2.20. The molecule has 0 heterocycles. The minimum atomic E-state index is -0.451. The SMILES string of the molecule is COc1cc2c(c(OC)c1OC)-c1ccc(OC)c(=O)cc1[C@@H](NC(=O)Nc1ccccc1)CC2. The standard InChI is InChI=1S/C27H28N2O6/c1-32-22-13-11-18-19(15-21(22)30)20(29-27(31)28-17-8-6-5-7-9-17)12-10-16-14-23(33-2)25(34-3)26(35-4)24(16)18/h5-9,11,13-15,20H,10,12H2,1-4H3,(H2,28,29,31)/t20-/m0/s1. The van der Waals surface area contributed by atoms with Gasteiger partial charge < -0.3 is 29.6 Å². The fourth-order valence-electron chi connectivity index (χ4n) is 4.46. The van der Waals surface area contributed by atoms with Gasteiger partial charge in [-0.3, -0.25) is 4.79 Å². The molecule has 1 atom stereocenters. The molecule has 0 saturated carbocycles. The van der Waals surface area contributed by atoms with E-state index in [0.717, 1.165) is 16.7 Å². The van der Waals surface area contributed by atoms with Crippen molar-refractivity contribution in [2.45, 2.75) is 18.9 Å². The highest BCUT2D eigenvalue weighted by Crippen LogP contribution is 2.50. The molecular weight excluding hydrogens is 448 g/mol. The third kappa shape index (κ3) is 4.73. The molecule has 0 unspecified atom stereocenters. The van der Waals surface area contributed by atoms with Crippen LogP contribution in [0, 0.1) is 0 Å². The molecule has 0 radical (unpaired) electrons. The molecule has 0 bridgehead atoms. The van der Waals surface area contributed by atoms with E-state index in [0.29, 0.717) is 41.3 Å². The van der Waals surface area contributed by atoms with Gasteiger partial charge in [-0.25, -0.2) is 4.79 Å². The minimum absolute atomic E-state index is 0.201. The third-order valence-corrected chi connectivity index (χ3v) is 6.06. The lowest BCUT2D eigenvalue weighted by Crippen LogP contribution is -2.33. The lowest BCUT2D eigenvalue weighted by atomic mass is 9.95. The maximum Gasteiger partial charge on any atom is 0.319 e. The van der Waals surface area contributed by atoms with Crippen LogP contribution in [0.25, 0.3) is 11.1 Å². The number of aryl methyl sites for hydroxylation is 1. The molecule has 3 aromatic rings. The zero-order valence-corrected chi connectivity index (χ0v) is 20.1. The van der Waals surface area contributed by atoms with Crippen LogP contribution in [0.1, 0.15) is 23.6 Å². The van der Waals surface area contributed by atoms with E-state index in [4.69, 9.17) is 18.9 Å². The van der Waals surface area contributed by atoms with Gasteiger partial charge in [-0.1, -0.05) is 24.3 Å². The fourth-order valence-corrected chi connectivity index (χ4v) is 4.46. The van der Waals surface area contributed by atoms with Crippen molar-refractivity contribution in [3.8, 4) is 34.1 Å². The van der Waals surface area contributed by atoms with E-state index in [9.17, 15) is 9.59 Å². The Kier molecular flexibility index (Phi) is 7.10. The van der Waals surface area contributed by atoms with Gasteiger partial charge >= 0.3 is 6.03 Å². The maximum absolute atomic E-state index is 12.9. The average Bonchev–Trinajstić information content (AvgIpc) is 3.11. The van der Waals surface area contributed by atoms with Gasteiger partial charge in [-0.15, -0.1) is 0 Å². The number of ether oxygens (including phenoxy) is 4. The highest BCUT2D eigenvalue weighted by Gasteiger charge is 2.29. The number of benzene rings is 2. The maximum atomic E-state index is 12.9. The fraction of sp³-hybridized carbons (Fsp3) is 0.259. The number of amides is 2. The van der Waals surface area contributed by atoms with Crippen LogP contribution in [-0.4, -0.2) is 34.5 Å².